The van der Waals surface area contributed by atoms with Crippen molar-refractivity contribution in [3.05, 3.63) is 95.1 Å². The van der Waals surface area contributed by atoms with E-state index in [-0.39, 0.29) is 11.7 Å². The number of hydrogen-bond donors (Lipinski definition) is 2. The first kappa shape index (κ1) is 19.4. The first-order valence-corrected chi connectivity index (χ1v) is 9.02. The van der Waals surface area contributed by atoms with Gasteiger partial charge in [-0.15, -0.1) is 0 Å². The van der Waals surface area contributed by atoms with Crippen LogP contribution in [0.5, 0.6) is 0 Å². The second-order valence-corrected chi connectivity index (χ2v) is 6.66. The van der Waals surface area contributed by atoms with Crippen LogP contribution in [-0.4, -0.2) is 21.2 Å². The lowest BCUT2D eigenvalue weighted by atomic mass is 9.95. The fourth-order valence-electron chi connectivity index (χ4n) is 3.03. The summed E-state index contributed by atoms with van der Waals surface area (Å²) in [6.07, 6.45) is 8.94. The third kappa shape index (κ3) is 5.07. The molecule has 2 aromatic heterocycles. The van der Waals surface area contributed by atoms with E-state index in [1.807, 2.05) is 12.1 Å². The zero-order valence-corrected chi connectivity index (χ0v) is 15.6. The van der Waals surface area contributed by atoms with Crippen molar-refractivity contribution in [3.63, 3.8) is 0 Å². The molecule has 0 unspecified atom stereocenters. The summed E-state index contributed by atoms with van der Waals surface area (Å²) >= 11 is 0. The Hall–Kier alpha value is -3.41. The lowest BCUT2D eigenvalue weighted by Gasteiger charge is -2.14. The Morgan fingerprint density at radius 2 is 1.89 bits per heavy atom. The molecule has 6 heteroatoms. The van der Waals surface area contributed by atoms with E-state index in [2.05, 4.69) is 16.9 Å². The quantitative estimate of drug-likeness (QED) is 0.613. The van der Waals surface area contributed by atoms with Gasteiger partial charge < -0.3 is 11.1 Å². The molecule has 142 valence electrons. The Bertz CT molecular complexity index is 968. The van der Waals surface area contributed by atoms with Crippen LogP contribution in [0.1, 0.15) is 41.1 Å². The van der Waals surface area contributed by atoms with Crippen LogP contribution in [0.4, 0.5) is 4.39 Å². The summed E-state index contributed by atoms with van der Waals surface area (Å²) in [6.45, 7) is 2.08. The van der Waals surface area contributed by atoms with Crippen molar-refractivity contribution in [2.24, 2.45) is 5.73 Å². The molecule has 5 nitrogen and oxygen atoms in total. The summed E-state index contributed by atoms with van der Waals surface area (Å²) in [4.78, 5) is 13.2. The van der Waals surface area contributed by atoms with Crippen LogP contribution in [-0.2, 0) is 12.8 Å². The Balaban J connectivity index is 1.91. The Morgan fingerprint density at radius 3 is 2.57 bits per heavy atom. The average Bonchev–Trinajstić information content (AvgIpc) is 2.69. The molecule has 0 aliphatic carbocycles. The number of hydrogen-bond acceptors (Lipinski definition) is 5. The number of allylic oxidation sites excluding steroid dienone is 1. The molecule has 0 amide bonds. The highest BCUT2D eigenvalue weighted by Gasteiger charge is 2.12. The van der Waals surface area contributed by atoms with E-state index in [4.69, 9.17) is 16.1 Å². The number of nitrogens with two attached hydrogens (primary N) is 1. The van der Waals surface area contributed by atoms with Crippen LogP contribution in [0.2, 0.25) is 0 Å². The highest BCUT2D eigenvalue weighted by molar-refractivity contribution is 5.81. The lowest BCUT2D eigenvalue weighted by molar-refractivity contribution is 0.625. The third-order valence-corrected chi connectivity index (χ3v) is 4.46. The van der Waals surface area contributed by atoms with Crippen LogP contribution < -0.4 is 5.73 Å². The molecular weight excluding hydrogens is 353 g/mol. The molecule has 0 saturated carbocycles. The molecule has 3 N–H and O–H groups in total. The van der Waals surface area contributed by atoms with Crippen LogP contribution in [0.25, 0.3) is 5.70 Å². The van der Waals surface area contributed by atoms with Gasteiger partial charge in [-0.2, -0.15) is 0 Å². The van der Waals surface area contributed by atoms with Crippen molar-refractivity contribution in [1.82, 2.24) is 15.0 Å². The van der Waals surface area contributed by atoms with Gasteiger partial charge in [0.05, 0.1) is 5.69 Å². The molecule has 3 rings (SSSR count). The normalized spacial score (nSPS) is 12.6. The predicted molar refractivity (Wildman–Crippen MR) is 109 cm³/mol. The second-order valence-electron chi connectivity index (χ2n) is 6.66. The maximum atomic E-state index is 13.2. The lowest BCUT2D eigenvalue weighted by Crippen LogP contribution is -2.07. The molecule has 3 aromatic rings. The van der Waals surface area contributed by atoms with Crippen molar-refractivity contribution in [1.29, 1.82) is 5.41 Å². The molecule has 0 aliphatic rings. The van der Waals surface area contributed by atoms with Gasteiger partial charge in [-0.05, 0) is 48.2 Å². The molecule has 0 spiro atoms. The minimum absolute atomic E-state index is 0.167. The maximum absolute atomic E-state index is 13.2. The molecule has 1 aromatic carbocycles. The number of nitrogens with zero attached hydrogens (tertiary/aromatic N) is 3. The van der Waals surface area contributed by atoms with Gasteiger partial charge in [0.15, 0.2) is 0 Å². The summed E-state index contributed by atoms with van der Waals surface area (Å²) in [5, 5.41) is 7.27. The topological polar surface area (TPSA) is 88.5 Å². The minimum Gasteiger partial charge on any atom is -0.398 e. The van der Waals surface area contributed by atoms with E-state index in [1.165, 1.54) is 18.3 Å². The molecule has 0 aliphatic heterocycles. The van der Waals surface area contributed by atoms with Gasteiger partial charge in [0, 0.05) is 53.9 Å². The number of nitrogens with one attached hydrogen (secondary N) is 1. The van der Waals surface area contributed by atoms with Crippen molar-refractivity contribution < 1.29 is 4.39 Å². The van der Waals surface area contributed by atoms with E-state index in [0.29, 0.717) is 18.5 Å². The zero-order valence-electron chi connectivity index (χ0n) is 15.6. The van der Waals surface area contributed by atoms with Gasteiger partial charge in [-0.25, -0.2) is 4.39 Å². The third-order valence-electron chi connectivity index (χ3n) is 4.46. The van der Waals surface area contributed by atoms with Crippen molar-refractivity contribution in [3.8, 4) is 0 Å². The largest absolute Gasteiger partial charge is 0.398 e. The fraction of sp³-hybridized carbons (Fsp3) is 0.182. The number of halogens is 1. The van der Waals surface area contributed by atoms with E-state index in [9.17, 15) is 4.39 Å². The van der Waals surface area contributed by atoms with Gasteiger partial charge in [0.25, 0.3) is 0 Å². The van der Waals surface area contributed by atoms with E-state index >= 15 is 0 Å². The average molecular weight is 375 g/mol. The number of pyridine rings is 1. The summed E-state index contributed by atoms with van der Waals surface area (Å²) in [5.74, 6) is -0.0763. The fourth-order valence-corrected chi connectivity index (χ4v) is 3.03. The molecule has 28 heavy (non-hydrogen) atoms. The van der Waals surface area contributed by atoms with Gasteiger partial charge >= 0.3 is 0 Å². The SMILES string of the molecule is C[C@H](Cc1cc(C(N)=CC=N)cc(Cc2cnccn2)n1)c1ccc(F)cc1. The predicted octanol–water partition coefficient (Wildman–Crippen LogP) is 3.90. The van der Waals surface area contributed by atoms with E-state index in [1.54, 1.807) is 36.8 Å². The Labute approximate surface area is 163 Å². The summed E-state index contributed by atoms with van der Waals surface area (Å²) in [5.41, 5.74) is 11.0. The standard InChI is InChI=1S/C22H22FN5/c1-15(16-2-4-18(23)5-3-16)10-19-11-17(22(25)6-7-24)12-20(28-19)13-21-14-26-8-9-27-21/h2-9,11-12,14-15,24H,10,13,25H2,1H3/t15-/m1/s1. The molecule has 2 heterocycles. The molecule has 1 atom stereocenters. The monoisotopic (exact) mass is 375 g/mol. The van der Waals surface area contributed by atoms with Crippen LogP contribution in [0, 0.1) is 11.2 Å². The first-order valence-electron chi connectivity index (χ1n) is 9.02. The molecule has 0 bridgehead atoms. The van der Waals surface area contributed by atoms with Crippen molar-refractivity contribution in [2.45, 2.75) is 25.7 Å². The van der Waals surface area contributed by atoms with Crippen molar-refractivity contribution in [2.75, 3.05) is 0 Å². The summed E-state index contributed by atoms with van der Waals surface area (Å²) in [7, 11) is 0. The Kier molecular flexibility index (Phi) is 6.22. The van der Waals surface area contributed by atoms with Crippen LogP contribution in [0.3, 0.4) is 0 Å². The van der Waals surface area contributed by atoms with Gasteiger partial charge in [0.2, 0.25) is 0 Å². The number of benzene rings is 1. The summed E-state index contributed by atoms with van der Waals surface area (Å²) in [6, 6.07) is 10.4. The van der Waals surface area contributed by atoms with Crippen LogP contribution in [0.15, 0.2) is 61.1 Å². The smallest absolute Gasteiger partial charge is 0.123 e. The minimum atomic E-state index is -0.244. The van der Waals surface area contributed by atoms with E-state index < -0.39 is 0 Å². The molecule has 0 radical (unpaired) electrons. The second kappa shape index (κ2) is 8.99. The van der Waals surface area contributed by atoms with Gasteiger partial charge in [-0.3, -0.25) is 15.0 Å². The number of rotatable bonds is 7. The van der Waals surface area contributed by atoms with Gasteiger partial charge in [0.1, 0.15) is 5.82 Å². The molecular formula is C22H22FN5. The summed E-state index contributed by atoms with van der Waals surface area (Å²) < 4.78 is 13.2. The maximum Gasteiger partial charge on any atom is 0.123 e. The Morgan fingerprint density at radius 1 is 1.14 bits per heavy atom. The molecule has 0 fully saturated rings. The highest BCUT2D eigenvalue weighted by Crippen LogP contribution is 2.22. The first-order chi connectivity index (χ1) is 13.5. The van der Waals surface area contributed by atoms with Crippen LogP contribution >= 0.6 is 0 Å². The van der Waals surface area contributed by atoms with E-state index in [0.717, 1.165) is 28.2 Å². The van der Waals surface area contributed by atoms with Crippen molar-refractivity contribution >= 4 is 11.9 Å². The van der Waals surface area contributed by atoms with Gasteiger partial charge in [-0.1, -0.05) is 19.1 Å². The zero-order chi connectivity index (χ0) is 19.9. The highest BCUT2D eigenvalue weighted by atomic mass is 19.1. The number of aromatic nitrogens is 3. The molecule has 0 saturated heterocycles.